The van der Waals surface area contributed by atoms with Gasteiger partial charge in [-0.1, -0.05) is 29.8 Å². The zero-order valence-corrected chi connectivity index (χ0v) is 17.7. The molecule has 0 aliphatic carbocycles. The van der Waals surface area contributed by atoms with Gasteiger partial charge >= 0.3 is 0 Å². The van der Waals surface area contributed by atoms with Crippen LogP contribution < -0.4 is 15.0 Å². The lowest BCUT2D eigenvalue weighted by atomic mass is 10.2. The first-order valence-electron chi connectivity index (χ1n) is 9.74. The number of amides is 1. The quantitative estimate of drug-likeness (QED) is 0.648. The van der Waals surface area contributed by atoms with Crippen LogP contribution in [0.1, 0.15) is 22.5 Å². The number of aromatic nitrogens is 2. The van der Waals surface area contributed by atoms with Crippen LogP contribution in [0.25, 0.3) is 5.69 Å². The molecule has 0 saturated carbocycles. The van der Waals surface area contributed by atoms with Gasteiger partial charge in [0, 0.05) is 5.56 Å². The second-order valence-corrected chi connectivity index (χ2v) is 7.50. The van der Waals surface area contributed by atoms with Crippen LogP contribution in [0.15, 0.2) is 48.5 Å². The van der Waals surface area contributed by atoms with Crippen molar-refractivity contribution in [3.05, 3.63) is 71.0 Å². The zero-order chi connectivity index (χ0) is 21.0. The van der Waals surface area contributed by atoms with E-state index in [1.54, 1.807) is 7.11 Å². The molecule has 2 N–H and O–H groups in total. The monoisotopic (exact) mass is 393 g/mol. The van der Waals surface area contributed by atoms with Crippen molar-refractivity contribution in [3.8, 4) is 11.4 Å². The maximum atomic E-state index is 12.6. The molecule has 0 aliphatic rings. The van der Waals surface area contributed by atoms with E-state index in [0.717, 1.165) is 45.5 Å². The van der Waals surface area contributed by atoms with Gasteiger partial charge in [0.15, 0.2) is 6.54 Å². The molecule has 6 nitrogen and oxygen atoms in total. The Hall–Kier alpha value is -3.12. The number of benzene rings is 2. The second kappa shape index (κ2) is 8.92. The molecule has 3 aromatic rings. The number of rotatable bonds is 7. The molecule has 152 valence electrons. The highest BCUT2D eigenvalue weighted by Crippen LogP contribution is 2.22. The molecule has 3 rings (SSSR count). The highest BCUT2D eigenvalue weighted by molar-refractivity contribution is 5.92. The van der Waals surface area contributed by atoms with Gasteiger partial charge in [0.1, 0.15) is 12.3 Å². The molecule has 0 spiro atoms. The lowest BCUT2D eigenvalue weighted by molar-refractivity contribution is -0.885. The van der Waals surface area contributed by atoms with Gasteiger partial charge in [-0.15, -0.1) is 0 Å². The molecule has 1 amide bonds. The van der Waals surface area contributed by atoms with E-state index in [-0.39, 0.29) is 5.91 Å². The molecule has 1 unspecified atom stereocenters. The van der Waals surface area contributed by atoms with Crippen molar-refractivity contribution in [1.82, 2.24) is 9.78 Å². The van der Waals surface area contributed by atoms with Crippen molar-refractivity contribution in [2.45, 2.75) is 27.3 Å². The van der Waals surface area contributed by atoms with Crippen LogP contribution in [0.3, 0.4) is 0 Å². The molecule has 1 heterocycles. The van der Waals surface area contributed by atoms with E-state index in [1.165, 1.54) is 5.56 Å². The van der Waals surface area contributed by atoms with E-state index < -0.39 is 0 Å². The number of aryl methyl sites for hydroxylation is 2. The fourth-order valence-electron chi connectivity index (χ4n) is 3.41. The zero-order valence-electron chi connectivity index (χ0n) is 17.7. The average molecular weight is 394 g/mol. The van der Waals surface area contributed by atoms with E-state index in [2.05, 4.69) is 29.5 Å². The molecule has 0 fully saturated rings. The number of likely N-dealkylation sites (N-methyl/N-ethyl adjacent to an activating group) is 1. The van der Waals surface area contributed by atoms with Crippen molar-refractivity contribution in [1.29, 1.82) is 0 Å². The SMILES string of the molecule is COc1cccc(C[NH+](C)CC(=O)Nc2c(C)nn(-c3ccc(C)cc3)c2C)c1. The summed E-state index contributed by atoms with van der Waals surface area (Å²) in [5, 5.41) is 7.66. The van der Waals surface area contributed by atoms with Crippen LogP contribution in [0, 0.1) is 20.8 Å². The second-order valence-electron chi connectivity index (χ2n) is 7.50. The number of anilines is 1. The number of nitrogens with zero attached hydrogens (tertiary/aromatic N) is 2. The van der Waals surface area contributed by atoms with E-state index in [1.807, 2.05) is 62.0 Å². The molecule has 0 saturated heterocycles. The minimum Gasteiger partial charge on any atom is -0.497 e. The van der Waals surface area contributed by atoms with Crippen LogP contribution >= 0.6 is 0 Å². The van der Waals surface area contributed by atoms with Crippen molar-refractivity contribution < 1.29 is 14.4 Å². The highest BCUT2D eigenvalue weighted by Gasteiger charge is 2.17. The van der Waals surface area contributed by atoms with Crippen molar-refractivity contribution in [2.24, 2.45) is 0 Å². The Balaban J connectivity index is 1.66. The van der Waals surface area contributed by atoms with Gasteiger partial charge in [-0.3, -0.25) is 4.79 Å². The fraction of sp³-hybridized carbons (Fsp3) is 0.304. The smallest absolute Gasteiger partial charge is 0.279 e. The summed E-state index contributed by atoms with van der Waals surface area (Å²) in [5.41, 5.74) is 5.83. The Morgan fingerprint density at radius 1 is 1.14 bits per heavy atom. The molecule has 0 radical (unpaired) electrons. The molecule has 1 aromatic heterocycles. The first kappa shape index (κ1) is 20.6. The molecular weight excluding hydrogens is 364 g/mol. The summed E-state index contributed by atoms with van der Waals surface area (Å²) in [5.74, 6) is 0.801. The Bertz CT molecular complexity index is 993. The number of hydrogen-bond acceptors (Lipinski definition) is 3. The Labute approximate surface area is 172 Å². The van der Waals surface area contributed by atoms with Crippen LogP contribution in [-0.2, 0) is 11.3 Å². The third-order valence-electron chi connectivity index (χ3n) is 4.94. The largest absolute Gasteiger partial charge is 0.497 e. The van der Waals surface area contributed by atoms with Crippen molar-refractivity contribution >= 4 is 11.6 Å². The summed E-state index contributed by atoms with van der Waals surface area (Å²) in [4.78, 5) is 13.7. The minimum absolute atomic E-state index is 0.0277. The molecule has 1 atom stereocenters. The molecule has 0 aliphatic heterocycles. The Morgan fingerprint density at radius 2 is 1.86 bits per heavy atom. The average Bonchev–Trinajstić information content (AvgIpc) is 2.96. The van der Waals surface area contributed by atoms with Gasteiger partial charge in [-0.25, -0.2) is 4.68 Å². The normalized spacial score (nSPS) is 11.9. The van der Waals surface area contributed by atoms with Gasteiger partial charge in [-0.2, -0.15) is 5.10 Å². The number of methoxy groups -OCH3 is 1. The number of quaternary nitrogens is 1. The van der Waals surface area contributed by atoms with Crippen LogP contribution in [0.5, 0.6) is 5.75 Å². The predicted molar refractivity (Wildman–Crippen MR) is 115 cm³/mol. The van der Waals surface area contributed by atoms with Gasteiger partial charge in [-0.05, 0) is 45.0 Å². The summed E-state index contributed by atoms with van der Waals surface area (Å²) < 4.78 is 7.14. The summed E-state index contributed by atoms with van der Waals surface area (Å²) >= 11 is 0. The van der Waals surface area contributed by atoms with Crippen molar-refractivity contribution in [2.75, 3.05) is 26.0 Å². The third kappa shape index (κ3) is 5.03. The molecule has 0 bridgehead atoms. The maximum absolute atomic E-state index is 12.6. The Kier molecular flexibility index (Phi) is 6.34. The molecular formula is C23H29N4O2+. The number of carbonyl (C=O) groups excluding carboxylic acids is 1. The lowest BCUT2D eigenvalue weighted by Crippen LogP contribution is -3.08. The standard InChI is InChI=1S/C23H28N4O2/c1-16-9-11-20(12-10-16)27-18(3)23(17(2)25-27)24-22(28)15-26(4)14-19-7-6-8-21(13-19)29-5/h6-13H,14-15H2,1-5H3,(H,24,28)/p+1. The third-order valence-corrected chi connectivity index (χ3v) is 4.94. The van der Waals surface area contributed by atoms with E-state index in [4.69, 9.17) is 4.74 Å². The topological polar surface area (TPSA) is 60.6 Å². The molecule has 2 aromatic carbocycles. The van der Waals surface area contributed by atoms with Gasteiger partial charge < -0.3 is 15.0 Å². The molecule has 29 heavy (non-hydrogen) atoms. The number of ether oxygens (including phenoxy) is 1. The lowest BCUT2D eigenvalue weighted by Gasteiger charge is -2.14. The van der Waals surface area contributed by atoms with Crippen LogP contribution in [0.2, 0.25) is 0 Å². The highest BCUT2D eigenvalue weighted by atomic mass is 16.5. The summed E-state index contributed by atoms with van der Waals surface area (Å²) in [6, 6.07) is 16.1. The summed E-state index contributed by atoms with van der Waals surface area (Å²) in [6.07, 6.45) is 0. The minimum atomic E-state index is -0.0277. The van der Waals surface area contributed by atoms with E-state index in [9.17, 15) is 4.79 Å². The number of nitrogens with one attached hydrogen (secondary N) is 2. The van der Waals surface area contributed by atoms with Gasteiger partial charge in [0.2, 0.25) is 0 Å². The molecule has 6 heteroatoms. The van der Waals surface area contributed by atoms with Crippen molar-refractivity contribution in [3.63, 3.8) is 0 Å². The maximum Gasteiger partial charge on any atom is 0.279 e. The Morgan fingerprint density at radius 3 is 2.55 bits per heavy atom. The van der Waals surface area contributed by atoms with E-state index in [0.29, 0.717) is 6.54 Å². The van der Waals surface area contributed by atoms with Gasteiger partial charge in [0.25, 0.3) is 5.91 Å². The predicted octanol–water partition coefficient (Wildman–Crippen LogP) is 2.46. The van der Waals surface area contributed by atoms with E-state index >= 15 is 0 Å². The first-order chi connectivity index (χ1) is 13.9. The van der Waals surface area contributed by atoms with Gasteiger partial charge in [0.05, 0.1) is 36.9 Å². The van der Waals surface area contributed by atoms with Crippen LogP contribution in [-0.4, -0.2) is 36.4 Å². The fourth-order valence-corrected chi connectivity index (χ4v) is 3.41. The summed E-state index contributed by atoms with van der Waals surface area (Å²) in [7, 11) is 3.67. The number of carbonyl (C=O) groups is 1. The summed E-state index contributed by atoms with van der Waals surface area (Å²) in [6.45, 7) is 7.06. The first-order valence-corrected chi connectivity index (χ1v) is 9.74. The number of hydrogen-bond donors (Lipinski definition) is 2. The van der Waals surface area contributed by atoms with Crippen LogP contribution in [0.4, 0.5) is 5.69 Å².